The Morgan fingerprint density at radius 1 is 1.28 bits per heavy atom. The zero-order valence-electron chi connectivity index (χ0n) is 13.0. The van der Waals surface area contributed by atoms with Crippen molar-refractivity contribution in [2.24, 2.45) is 10.8 Å². The van der Waals surface area contributed by atoms with Gasteiger partial charge in [-0.05, 0) is 23.8 Å². The fourth-order valence-corrected chi connectivity index (χ4v) is 5.57. The summed E-state index contributed by atoms with van der Waals surface area (Å²) in [5, 5.41) is 8.72. The van der Waals surface area contributed by atoms with Gasteiger partial charge in [-0.15, -0.1) is 0 Å². The van der Waals surface area contributed by atoms with Gasteiger partial charge in [0, 0.05) is 14.5 Å². The number of hydrogen-bond acceptors (Lipinski definition) is 2. The zero-order valence-corrected chi connectivity index (χ0v) is 14.0. The van der Waals surface area contributed by atoms with Gasteiger partial charge in [0.2, 0.25) is 5.78 Å². The Morgan fingerprint density at radius 3 is 2.00 bits per heavy atom. The van der Waals surface area contributed by atoms with Crippen LogP contribution < -0.4 is 0 Å². The van der Waals surface area contributed by atoms with E-state index in [2.05, 4.69) is 47.0 Å². The van der Waals surface area contributed by atoms with Crippen LogP contribution in [-0.2, 0) is 4.79 Å². The van der Waals surface area contributed by atoms with E-state index in [1.165, 1.54) is 0 Å². The number of rotatable bonds is 6. The van der Waals surface area contributed by atoms with Crippen LogP contribution in [0.3, 0.4) is 0 Å². The molecule has 0 amide bonds. The predicted molar refractivity (Wildman–Crippen MR) is 80.1 cm³/mol. The molecule has 0 aromatic heterocycles. The molecular formula is C15H27NOSi. The lowest BCUT2D eigenvalue weighted by Crippen LogP contribution is -2.43. The number of nitriles is 1. The molecule has 1 atom stereocenters. The van der Waals surface area contributed by atoms with Crippen molar-refractivity contribution in [1.82, 2.24) is 0 Å². The average Bonchev–Trinajstić information content (AvgIpc) is 2.13. The van der Waals surface area contributed by atoms with Gasteiger partial charge in [-0.1, -0.05) is 52.6 Å². The van der Waals surface area contributed by atoms with Crippen LogP contribution in [0, 0.1) is 22.2 Å². The summed E-state index contributed by atoms with van der Waals surface area (Å²) in [6.07, 6.45) is 0.303. The molecule has 0 aliphatic rings. The Labute approximate surface area is 113 Å². The van der Waals surface area contributed by atoms with Crippen molar-refractivity contribution in [2.75, 3.05) is 0 Å². The molecule has 0 saturated heterocycles. The maximum Gasteiger partial charge on any atom is 0.232 e. The van der Waals surface area contributed by atoms with Gasteiger partial charge in [-0.3, -0.25) is 4.79 Å². The predicted octanol–water partition coefficient (Wildman–Crippen LogP) is 4.42. The van der Waals surface area contributed by atoms with Gasteiger partial charge in [0.1, 0.15) is 6.07 Å². The molecule has 0 rings (SSSR count). The smallest absolute Gasteiger partial charge is 0.232 e. The Bertz CT molecular complexity index is 384. The first-order chi connectivity index (χ1) is 7.85. The average molecular weight is 265 g/mol. The van der Waals surface area contributed by atoms with E-state index in [9.17, 15) is 4.79 Å². The van der Waals surface area contributed by atoms with E-state index in [-0.39, 0.29) is 16.6 Å². The van der Waals surface area contributed by atoms with Crippen molar-refractivity contribution in [1.29, 1.82) is 5.26 Å². The van der Waals surface area contributed by atoms with Crippen LogP contribution in [-0.4, -0.2) is 13.9 Å². The summed E-state index contributed by atoms with van der Waals surface area (Å²) in [6, 6.07) is 2.82. The minimum atomic E-state index is -1.28. The van der Waals surface area contributed by atoms with Crippen molar-refractivity contribution in [2.45, 2.75) is 59.8 Å². The lowest BCUT2D eigenvalue weighted by atomic mass is 9.62. The summed E-state index contributed by atoms with van der Waals surface area (Å²) in [7, 11) is -1.28. The second-order valence-corrected chi connectivity index (χ2v) is 12.9. The summed E-state index contributed by atoms with van der Waals surface area (Å²) in [5.41, 5.74) is 0.788. The molecule has 18 heavy (non-hydrogen) atoms. The number of ketones is 1. The quantitative estimate of drug-likeness (QED) is 0.405. The Kier molecular flexibility index (Phi) is 5.13. The highest BCUT2D eigenvalue weighted by Gasteiger charge is 2.45. The summed E-state index contributed by atoms with van der Waals surface area (Å²) < 4.78 is 0. The first-order valence-corrected chi connectivity index (χ1v) is 10.2. The number of hydrogen-bond donors (Lipinski definition) is 0. The van der Waals surface area contributed by atoms with E-state index in [0.717, 1.165) is 11.6 Å². The van der Waals surface area contributed by atoms with Gasteiger partial charge in [-0.2, -0.15) is 5.26 Å². The van der Waals surface area contributed by atoms with Crippen LogP contribution in [0.2, 0.25) is 25.7 Å². The van der Waals surface area contributed by atoms with Crippen molar-refractivity contribution in [3.8, 4) is 6.07 Å². The Hall–Kier alpha value is -0.883. The number of carbonyl (C=O) groups excluding carboxylic acids is 1. The Morgan fingerprint density at radius 2 is 1.72 bits per heavy atom. The molecule has 3 heteroatoms. The monoisotopic (exact) mass is 265 g/mol. The minimum absolute atomic E-state index is 0.0933. The number of carbonyl (C=O) groups is 1. The van der Waals surface area contributed by atoms with Gasteiger partial charge in [0.05, 0.1) is 0 Å². The third-order valence-corrected chi connectivity index (χ3v) is 5.81. The van der Waals surface area contributed by atoms with E-state index >= 15 is 0 Å². The molecule has 0 aliphatic heterocycles. The topological polar surface area (TPSA) is 40.9 Å². The summed E-state index contributed by atoms with van der Waals surface area (Å²) in [5.74, 6) is -0.331. The van der Waals surface area contributed by atoms with Crippen LogP contribution in [0.4, 0.5) is 0 Å². The molecule has 0 saturated carbocycles. The fraction of sp³-hybridized carbons (Fsp3) is 0.733. The van der Waals surface area contributed by atoms with Crippen molar-refractivity contribution in [3.63, 3.8) is 0 Å². The van der Waals surface area contributed by atoms with Crippen LogP contribution >= 0.6 is 0 Å². The van der Waals surface area contributed by atoms with Crippen LogP contribution in [0.5, 0.6) is 0 Å². The molecular weight excluding hydrogens is 238 g/mol. The molecule has 0 spiro atoms. The van der Waals surface area contributed by atoms with Crippen molar-refractivity contribution >= 4 is 13.9 Å². The lowest BCUT2D eigenvalue weighted by molar-refractivity contribution is -0.117. The molecule has 0 fully saturated rings. The van der Waals surface area contributed by atoms with Gasteiger partial charge >= 0.3 is 0 Å². The lowest BCUT2D eigenvalue weighted by Gasteiger charge is -2.47. The maximum atomic E-state index is 11.5. The van der Waals surface area contributed by atoms with E-state index in [4.69, 9.17) is 5.26 Å². The van der Waals surface area contributed by atoms with Gasteiger partial charge in [0.15, 0.2) is 0 Å². The highest BCUT2D eigenvalue weighted by Crippen LogP contribution is 2.51. The van der Waals surface area contributed by atoms with E-state index in [0.29, 0.717) is 6.42 Å². The summed E-state index contributed by atoms with van der Waals surface area (Å²) >= 11 is 0. The fourth-order valence-electron chi connectivity index (χ4n) is 2.66. The summed E-state index contributed by atoms with van der Waals surface area (Å²) in [6.45, 7) is 19.5. The van der Waals surface area contributed by atoms with Gasteiger partial charge in [-0.25, -0.2) is 0 Å². The van der Waals surface area contributed by atoms with Crippen molar-refractivity contribution in [3.05, 3.63) is 12.2 Å². The van der Waals surface area contributed by atoms with Gasteiger partial charge in [0.25, 0.3) is 0 Å². The third-order valence-electron chi connectivity index (χ3n) is 4.05. The molecule has 2 nitrogen and oxygen atoms in total. The maximum absolute atomic E-state index is 11.5. The highest BCUT2D eigenvalue weighted by molar-refractivity contribution is 6.76. The van der Waals surface area contributed by atoms with Crippen molar-refractivity contribution < 1.29 is 4.79 Å². The molecule has 0 N–H and O–H groups in total. The largest absolute Gasteiger partial charge is 0.283 e. The van der Waals surface area contributed by atoms with Crippen LogP contribution in [0.15, 0.2) is 12.2 Å². The number of nitrogens with zero attached hydrogens (tertiary/aromatic N) is 1. The molecule has 0 heterocycles. The molecule has 0 aliphatic carbocycles. The number of Topliss-reactive ketones (excluding diaryl/α,β-unsaturated/α-hetero) is 1. The second kappa shape index (κ2) is 5.40. The standard InChI is InChI=1S/C15H27NOSi/c1-12(2)15(5,11-18(6,7)8)14(3,4)9-13(17)10-16/h1,9,11H2,2-8H3. The first-order valence-electron chi connectivity index (χ1n) is 6.45. The first kappa shape index (κ1) is 17.1. The Balaban J connectivity index is 5.41. The van der Waals surface area contributed by atoms with E-state index in [1.807, 2.05) is 6.92 Å². The molecule has 0 aromatic carbocycles. The molecule has 0 aromatic rings. The normalized spacial score (nSPS) is 15.7. The highest BCUT2D eigenvalue weighted by atomic mass is 28.3. The van der Waals surface area contributed by atoms with E-state index in [1.54, 1.807) is 6.07 Å². The number of allylic oxidation sites excluding steroid dienone is 1. The molecule has 0 radical (unpaired) electrons. The SMILES string of the molecule is C=C(C)C(C)(C[Si](C)(C)C)C(C)(C)CC(=O)C#N. The van der Waals surface area contributed by atoms with E-state index < -0.39 is 8.07 Å². The molecule has 102 valence electrons. The second-order valence-electron chi connectivity index (χ2n) is 7.45. The minimum Gasteiger partial charge on any atom is -0.283 e. The molecule has 1 unspecified atom stereocenters. The molecule has 0 bridgehead atoms. The van der Waals surface area contributed by atoms with Crippen LogP contribution in [0.1, 0.15) is 34.1 Å². The third kappa shape index (κ3) is 4.10. The zero-order chi connectivity index (χ0) is 14.8. The summed E-state index contributed by atoms with van der Waals surface area (Å²) in [4.78, 5) is 11.5. The van der Waals surface area contributed by atoms with Crippen LogP contribution in [0.25, 0.3) is 0 Å². The van der Waals surface area contributed by atoms with Gasteiger partial charge < -0.3 is 0 Å².